The summed E-state index contributed by atoms with van der Waals surface area (Å²) in [6.07, 6.45) is 2.36. The molecule has 5 rings (SSSR count). The highest BCUT2D eigenvalue weighted by molar-refractivity contribution is 8.00. The van der Waals surface area contributed by atoms with Crippen LogP contribution in [-0.4, -0.2) is 18.3 Å². The molecule has 34 heavy (non-hydrogen) atoms. The van der Waals surface area contributed by atoms with E-state index in [4.69, 9.17) is 4.98 Å². The van der Waals surface area contributed by atoms with Gasteiger partial charge in [-0.1, -0.05) is 82.0 Å². The molecule has 0 bridgehead atoms. The third-order valence-corrected chi connectivity index (χ3v) is 10.4. The van der Waals surface area contributed by atoms with E-state index in [2.05, 4.69) is 115 Å². The third kappa shape index (κ3) is 4.33. The topological polar surface area (TPSA) is 12.9 Å². The standard InChI is InChI=1S/C31H37NSSi/c1-19-13-20(2)28-25-17-23(18-31(3,4)5)33-30(25)29(32-26(28)14-19)22-15-21-11-9-10-12-24(21)27(16-22)34(6,7)8/h9-16,23H,17-18H2,1-8H3. The number of aryl methyl sites for hydroxylation is 2. The Morgan fingerprint density at radius 1 is 1.00 bits per heavy atom. The van der Waals surface area contributed by atoms with Crippen molar-refractivity contribution in [2.75, 3.05) is 0 Å². The lowest BCUT2D eigenvalue weighted by Gasteiger charge is -2.22. The average Bonchev–Trinajstić information content (AvgIpc) is 3.12. The summed E-state index contributed by atoms with van der Waals surface area (Å²) in [5.74, 6) is 0. The minimum absolute atomic E-state index is 0.322. The Morgan fingerprint density at radius 2 is 1.74 bits per heavy atom. The zero-order valence-electron chi connectivity index (χ0n) is 22.0. The van der Waals surface area contributed by atoms with Gasteiger partial charge in [0, 0.05) is 21.1 Å². The molecule has 0 aliphatic carbocycles. The van der Waals surface area contributed by atoms with Crippen molar-refractivity contribution in [3.63, 3.8) is 0 Å². The number of pyridine rings is 1. The summed E-state index contributed by atoms with van der Waals surface area (Å²) < 4.78 is 0. The third-order valence-electron chi connectivity index (χ3n) is 6.98. The Hall–Kier alpha value is -2.10. The number of hydrogen-bond acceptors (Lipinski definition) is 2. The van der Waals surface area contributed by atoms with Gasteiger partial charge in [-0.15, -0.1) is 11.8 Å². The Balaban J connectivity index is 1.79. The quantitative estimate of drug-likeness (QED) is 0.270. The van der Waals surface area contributed by atoms with E-state index in [0.717, 1.165) is 11.9 Å². The normalized spacial score (nSPS) is 16.4. The highest BCUT2D eigenvalue weighted by atomic mass is 32.2. The molecule has 1 unspecified atom stereocenters. The van der Waals surface area contributed by atoms with Crippen molar-refractivity contribution in [2.24, 2.45) is 5.41 Å². The largest absolute Gasteiger partial charge is 0.247 e. The van der Waals surface area contributed by atoms with Gasteiger partial charge in [-0.05, 0) is 71.7 Å². The van der Waals surface area contributed by atoms with E-state index in [0.29, 0.717) is 10.7 Å². The molecule has 4 aromatic rings. The second-order valence-electron chi connectivity index (χ2n) is 12.4. The molecule has 0 saturated carbocycles. The van der Waals surface area contributed by atoms with Gasteiger partial charge >= 0.3 is 0 Å². The van der Waals surface area contributed by atoms with Crippen LogP contribution in [-0.2, 0) is 6.42 Å². The van der Waals surface area contributed by atoms with E-state index >= 15 is 0 Å². The van der Waals surface area contributed by atoms with Gasteiger partial charge < -0.3 is 0 Å². The first kappa shape index (κ1) is 23.6. The molecule has 1 nitrogen and oxygen atoms in total. The van der Waals surface area contributed by atoms with Gasteiger partial charge in [0.05, 0.1) is 19.3 Å². The molecule has 1 aliphatic rings. The van der Waals surface area contributed by atoms with Gasteiger partial charge in [-0.2, -0.15) is 0 Å². The molecule has 1 aliphatic heterocycles. The van der Waals surface area contributed by atoms with Crippen LogP contribution < -0.4 is 5.19 Å². The number of rotatable bonds is 3. The fraction of sp³-hybridized carbons (Fsp3) is 0.387. The molecule has 1 atom stereocenters. The van der Waals surface area contributed by atoms with E-state index in [1.54, 1.807) is 0 Å². The minimum Gasteiger partial charge on any atom is -0.247 e. The summed E-state index contributed by atoms with van der Waals surface area (Å²) in [6, 6.07) is 18.4. The number of hydrogen-bond donors (Lipinski definition) is 0. The first-order valence-electron chi connectivity index (χ1n) is 12.5. The van der Waals surface area contributed by atoms with Crippen LogP contribution in [0.15, 0.2) is 53.4 Å². The maximum atomic E-state index is 5.39. The second kappa shape index (κ2) is 8.24. The van der Waals surface area contributed by atoms with Crippen molar-refractivity contribution in [1.82, 2.24) is 4.98 Å². The Bertz CT molecular complexity index is 1420. The van der Waals surface area contributed by atoms with Crippen molar-refractivity contribution in [3.05, 3.63) is 65.2 Å². The van der Waals surface area contributed by atoms with Crippen molar-refractivity contribution in [1.29, 1.82) is 0 Å². The molecule has 2 heterocycles. The SMILES string of the molecule is Cc1cc(C)c2c3c(c(-c4cc([Si](C)(C)C)c5ccccc5c4)nc2c1)SC(CC(C)(C)C)C3. The molecule has 1 aromatic heterocycles. The number of aromatic nitrogens is 1. The van der Waals surface area contributed by atoms with Crippen LogP contribution in [0, 0.1) is 19.3 Å². The summed E-state index contributed by atoms with van der Waals surface area (Å²) in [6.45, 7) is 18.9. The van der Waals surface area contributed by atoms with Gasteiger partial charge in [0.2, 0.25) is 0 Å². The van der Waals surface area contributed by atoms with E-state index in [-0.39, 0.29) is 0 Å². The monoisotopic (exact) mass is 483 g/mol. The van der Waals surface area contributed by atoms with Gasteiger partial charge in [0.15, 0.2) is 0 Å². The van der Waals surface area contributed by atoms with Crippen LogP contribution in [0.25, 0.3) is 32.9 Å². The molecule has 176 valence electrons. The molecule has 0 amide bonds. The van der Waals surface area contributed by atoms with E-state index in [9.17, 15) is 0 Å². The van der Waals surface area contributed by atoms with Gasteiger partial charge in [0.25, 0.3) is 0 Å². The second-order valence-corrected chi connectivity index (χ2v) is 18.8. The van der Waals surface area contributed by atoms with Crippen LogP contribution in [0.3, 0.4) is 0 Å². The molecule has 3 aromatic carbocycles. The lowest BCUT2D eigenvalue weighted by molar-refractivity contribution is 0.373. The molecular weight excluding hydrogens is 447 g/mol. The van der Waals surface area contributed by atoms with Gasteiger partial charge in [-0.3, -0.25) is 0 Å². The van der Waals surface area contributed by atoms with E-state index in [1.165, 1.54) is 60.6 Å². The molecule has 0 radical (unpaired) electrons. The summed E-state index contributed by atoms with van der Waals surface area (Å²) in [7, 11) is -1.54. The molecule has 0 fully saturated rings. The van der Waals surface area contributed by atoms with Crippen LogP contribution in [0.1, 0.15) is 43.9 Å². The molecule has 3 heteroatoms. The first-order chi connectivity index (χ1) is 15.9. The minimum atomic E-state index is -1.54. The fourth-order valence-electron chi connectivity index (χ4n) is 5.67. The highest BCUT2D eigenvalue weighted by Crippen LogP contribution is 2.49. The smallest absolute Gasteiger partial charge is 0.0848 e. The highest BCUT2D eigenvalue weighted by Gasteiger charge is 2.32. The van der Waals surface area contributed by atoms with Crippen molar-refractivity contribution in [2.45, 2.75) is 77.2 Å². The molecule has 0 spiro atoms. The molecular formula is C31H37NSSi. The average molecular weight is 484 g/mol. The van der Waals surface area contributed by atoms with Gasteiger partial charge in [0.1, 0.15) is 0 Å². The number of fused-ring (bicyclic) bond motifs is 4. The van der Waals surface area contributed by atoms with Crippen LogP contribution in [0.4, 0.5) is 0 Å². The van der Waals surface area contributed by atoms with Crippen LogP contribution in [0.5, 0.6) is 0 Å². The lowest BCUT2D eigenvalue weighted by atomic mass is 9.87. The van der Waals surface area contributed by atoms with Gasteiger partial charge in [-0.25, -0.2) is 4.98 Å². The van der Waals surface area contributed by atoms with Crippen LogP contribution >= 0.6 is 11.8 Å². The molecule has 0 N–H and O–H groups in total. The number of thioether (sulfide) groups is 1. The van der Waals surface area contributed by atoms with Crippen molar-refractivity contribution < 1.29 is 0 Å². The molecule has 0 saturated heterocycles. The maximum Gasteiger partial charge on any atom is 0.0848 e. The Labute approximate surface area is 210 Å². The predicted molar refractivity (Wildman–Crippen MR) is 155 cm³/mol. The van der Waals surface area contributed by atoms with E-state index in [1.807, 2.05) is 0 Å². The number of nitrogens with zero attached hydrogens (tertiary/aromatic N) is 1. The van der Waals surface area contributed by atoms with Crippen LogP contribution in [0.2, 0.25) is 19.6 Å². The fourth-order valence-corrected chi connectivity index (χ4v) is 9.07. The van der Waals surface area contributed by atoms with Crippen molar-refractivity contribution in [3.8, 4) is 11.3 Å². The maximum absolute atomic E-state index is 5.39. The predicted octanol–water partition coefficient (Wildman–Crippen LogP) is 8.67. The van der Waals surface area contributed by atoms with E-state index < -0.39 is 8.07 Å². The summed E-state index contributed by atoms with van der Waals surface area (Å²) in [5, 5.41) is 6.28. The summed E-state index contributed by atoms with van der Waals surface area (Å²) in [5.41, 5.74) is 8.15. The van der Waals surface area contributed by atoms with Crippen molar-refractivity contribution >= 4 is 46.7 Å². The zero-order valence-corrected chi connectivity index (χ0v) is 23.8. The zero-order chi connectivity index (χ0) is 24.4. The summed E-state index contributed by atoms with van der Waals surface area (Å²) >= 11 is 2.08. The lowest BCUT2D eigenvalue weighted by Crippen LogP contribution is -2.38. The first-order valence-corrected chi connectivity index (χ1v) is 16.9. The Kier molecular flexibility index (Phi) is 5.73. The summed E-state index contributed by atoms with van der Waals surface area (Å²) in [4.78, 5) is 6.82. The number of benzene rings is 3. The Morgan fingerprint density at radius 3 is 2.44 bits per heavy atom.